The molecule has 1 fully saturated rings. The van der Waals surface area contributed by atoms with Gasteiger partial charge in [-0.25, -0.2) is 4.39 Å². The second-order valence-corrected chi connectivity index (χ2v) is 4.97. The maximum atomic E-state index is 13.1. The van der Waals surface area contributed by atoms with Crippen LogP contribution in [0.1, 0.15) is 32.6 Å². The van der Waals surface area contributed by atoms with Crippen LogP contribution in [0.3, 0.4) is 0 Å². The topological polar surface area (TPSA) is 64.3 Å². The van der Waals surface area contributed by atoms with Gasteiger partial charge in [-0.2, -0.15) is 0 Å². The molecule has 0 bridgehead atoms. The van der Waals surface area contributed by atoms with Crippen LogP contribution < -0.4 is 15.8 Å². The van der Waals surface area contributed by atoms with Gasteiger partial charge in [0.1, 0.15) is 11.6 Å². The van der Waals surface area contributed by atoms with Gasteiger partial charge in [0.05, 0.1) is 11.8 Å². The second kappa shape index (κ2) is 5.91. The highest BCUT2D eigenvalue weighted by molar-refractivity contribution is 5.73. The molecule has 0 heterocycles. The number of halogens is 1. The summed E-state index contributed by atoms with van der Waals surface area (Å²) >= 11 is 0. The molecule has 1 saturated carbocycles. The molecule has 0 aliphatic heterocycles. The van der Waals surface area contributed by atoms with Crippen LogP contribution in [0, 0.1) is 5.82 Å². The van der Waals surface area contributed by atoms with E-state index in [-0.39, 0.29) is 23.9 Å². The van der Waals surface area contributed by atoms with Crippen LogP contribution in [-0.4, -0.2) is 18.1 Å². The van der Waals surface area contributed by atoms with E-state index in [9.17, 15) is 9.18 Å². The Morgan fingerprint density at radius 1 is 1.37 bits per heavy atom. The van der Waals surface area contributed by atoms with Crippen molar-refractivity contribution in [2.24, 2.45) is 0 Å². The molecule has 0 unspecified atom stereocenters. The van der Waals surface area contributed by atoms with Crippen LogP contribution in [0.4, 0.5) is 10.1 Å². The predicted octanol–water partition coefficient (Wildman–Crippen LogP) is 2.23. The number of ether oxygens (including phenoxy) is 1. The largest absolute Gasteiger partial charge is 0.488 e. The lowest BCUT2D eigenvalue weighted by atomic mass is 9.93. The van der Waals surface area contributed by atoms with E-state index < -0.39 is 0 Å². The van der Waals surface area contributed by atoms with Crippen molar-refractivity contribution in [1.29, 1.82) is 0 Å². The third kappa shape index (κ3) is 3.84. The molecule has 1 aliphatic rings. The molecular formula is C14H19FN2O2. The first-order valence-electron chi connectivity index (χ1n) is 6.53. The third-order valence-electron chi connectivity index (χ3n) is 3.35. The Labute approximate surface area is 112 Å². The van der Waals surface area contributed by atoms with Gasteiger partial charge in [-0.3, -0.25) is 4.79 Å². The van der Waals surface area contributed by atoms with E-state index in [1.807, 2.05) is 0 Å². The third-order valence-corrected chi connectivity index (χ3v) is 3.35. The maximum Gasteiger partial charge on any atom is 0.217 e. The highest BCUT2D eigenvalue weighted by atomic mass is 19.1. The van der Waals surface area contributed by atoms with E-state index in [1.54, 1.807) is 0 Å². The summed E-state index contributed by atoms with van der Waals surface area (Å²) < 4.78 is 18.9. The number of carbonyl (C=O) groups is 1. The number of hydrogen-bond acceptors (Lipinski definition) is 3. The van der Waals surface area contributed by atoms with E-state index >= 15 is 0 Å². The first-order valence-corrected chi connectivity index (χ1v) is 6.53. The zero-order valence-corrected chi connectivity index (χ0v) is 11.0. The van der Waals surface area contributed by atoms with Crippen molar-refractivity contribution in [1.82, 2.24) is 5.32 Å². The zero-order valence-electron chi connectivity index (χ0n) is 11.0. The minimum atomic E-state index is -0.351. The van der Waals surface area contributed by atoms with Crippen LogP contribution in [-0.2, 0) is 4.79 Å². The average molecular weight is 266 g/mol. The summed E-state index contributed by atoms with van der Waals surface area (Å²) in [6.07, 6.45) is 3.45. The fraction of sp³-hybridized carbons (Fsp3) is 0.500. The van der Waals surface area contributed by atoms with E-state index in [0.717, 1.165) is 25.7 Å². The molecule has 1 amide bonds. The Morgan fingerprint density at radius 2 is 2.05 bits per heavy atom. The minimum Gasteiger partial charge on any atom is -0.488 e. The molecule has 5 heteroatoms. The van der Waals surface area contributed by atoms with Crippen LogP contribution in [0.2, 0.25) is 0 Å². The van der Waals surface area contributed by atoms with Gasteiger partial charge in [-0.05, 0) is 37.8 Å². The number of rotatable bonds is 3. The predicted molar refractivity (Wildman–Crippen MR) is 71.3 cm³/mol. The molecule has 2 rings (SSSR count). The molecule has 4 nitrogen and oxygen atoms in total. The molecule has 0 atom stereocenters. The van der Waals surface area contributed by atoms with Gasteiger partial charge >= 0.3 is 0 Å². The number of carbonyl (C=O) groups excluding carboxylic acids is 1. The summed E-state index contributed by atoms with van der Waals surface area (Å²) in [6, 6.07) is 4.36. The number of hydrogen-bond donors (Lipinski definition) is 2. The van der Waals surface area contributed by atoms with Crippen molar-refractivity contribution in [3.05, 3.63) is 24.0 Å². The lowest BCUT2D eigenvalue weighted by Crippen LogP contribution is -2.38. The van der Waals surface area contributed by atoms with Crippen molar-refractivity contribution < 1.29 is 13.9 Å². The van der Waals surface area contributed by atoms with Crippen LogP contribution in [0.15, 0.2) is 18.2 Å². The fourth-order valence-electron chi connectivity index (χ4n) is 2.40. The maximum absolute atomic E-state index is 13.1. The molecule has 19 heavy (non-hydrogen) atoms. The van der Waals surface area contributed by atoms with Gasteiger partial charge < -0.3 is 15.8 Å². The van der Waals surface area contributed by atoms with Crippen LogP contribution in [0.5, 0.6) is 5.75 Å². The fourth-order valence-corrected chi connectivity index (χ4v) is 2.40. The molecule has 0 radical (unpaired) electrons. The molecule has 1 aromatic carbocycles. The molecular weight excluding hydrogens is 247 g/mol. The highest BCUT2D eigenvalue weighted by Crippen LogP contribution is 2.28. The number of benzene rings is 1. The monoisotopic (exact) mass is 266 g/mol. The van der Waals surface area contributed by atoms with Gasteiger partial charge in [-0.1, -0.05) is 0 Å². The van der Waals surface area contributed by atoms with Crippen LogP contribution >= 0.6 is 0 Å². The second-order valence-electron chi connectivity index (χ2n) is 4.97. The van der Waals surface area contributed by atoms with Gasteiger partial charge in [0.15, 0.2) is 0 Å². The van der Waals surface area contributed by atoms with Gasteiger partial charge in [0, 0.05) is 19.0 Å². The molecule has 1 aromatic rings. The van der Waals surface area contributed by atoms with Gasteiger partial charge in [0.25, 0.3) is 0 Å². The Morgan fingerprint density at radius 3 is 2.68 bits per heavy atom. The summed E-state index contributed by atoms with van der Waals surface area (Å²) in [6.45, 7) is 1.52. The molecule has 104 valence electrons. The SMILES string of the molecule is CC(=O)N[C@H]1CC[C@H](Oc2cc(F)ccc2N)CC1. The summed E-state index contributed by atoms with van der Waals surface area (Å²) in [4.78, 5) is 11.0. The number of nitrogens with two attached hydrogens (primary N) is 1. The number of anilines is 1. The summed E-state index contributed by atoms with van der Waals surface area (Å²) in [5.41, 5.74) is 6.20. The zero-order chi connectivity index (χ0) is 13.8. The first kappa shape index (κ1) is 13.6. The standard InChI is InChI=1S/C14H19FN2O2/c1-9(18)17-11-3-5-12(6-4-11)19-14-8-10(15)2-7-13(14)16/h2,7-8,11-12H,3-6,16H2,1H3,(H,17,18)/t11-,12-. The number of nitrogen functional groups attached to an aromatic ring is 1. The summed E-state index contributed by atoms with van der Waals surface area (Å²) in [5, 5.41) is 2.91. The molecule has 1 aliphatic carbocycles. The lowest BCUT2D eigenvalue weighted by Gasteiger charge is -2.29. The summed E-state index contributed by atoms with van der Waals surface area (Å²) in [5.74, 6) is 0.0536. The van der Waals surface area contributed by atoms with Crippen LogP contribution in [0.25, 0.3) is 0 Å². The van der Waals surface area contributed by atoms with Crippen molar-refractivity contribution in [2.45, 2.75) is 44.8 Å². The molecule has 0 spiro atoms. The average Bonchev–Trinajstić information content (AvgIpc) is 2.35. The highest BCUT2D eigenvalue weighted by Gasteiger charge is 2.23. The van der Waals surface area contributed by atoms with Gasteiger partial charge in [-0.15, -0.1) is 0 Å². The summed E-state index contributed by atoms with van der Waals surface area (Å²) in [7, 11) is 0. The first-order chi connectivity index (χ1) is 9.04. The molecule has 0 saturated heterocycles. The number of amides is 1. The lowest BCUT2D eigenvalue weighted by molar-refractivity contribution is -0.120. The van der Waals surface area contributed by atoms with Crippen molar-refractivity contribution in [2.75, 3.05) is 5.73 Å². The van der Waals surface area contributed by atoms with Crippen molar-refractivity contribution in [3.8, 4) is 5.75 Å². The minimum absolute atomic E-state index is 0.00116. The molecule has 0 aromatic heterocycles. The Hall–Kier alpha value is -1.78. The van der Waals surface area contributed by atoms with E-state index in [1.165, 1.54) is 25.1 Å². The van der Waals surface area contributed by atoms with E-state index in [0.29, 0.717) is 11.4 Å². The van der Waals surface area contributed by atoms with Crippen molar-refractivity contribution in [3.63, 3.8) is 0 Å². The van der Waals surface area contributed by atoms with Crippen molar-refractivity contribution >= 4 is 11.6 Å². The smallest absolute Gasteiger partial charge is 0.217 e. The normalized spacial score (nSPS) is 22.8. The number of nitrogens with one attached hydrogen (secondary N) is 1. The quantitative estimate of drug-likeness (QED) is 0.825. The van der Waals surface area contributed by atoms with E-state index in [2.05, 4.69) is 5.32 Å². The Bertz CT molecular complexity index is 457. The Kier molecular flexibility index (Phi) is 4.24. The van der Waals surface area contributed by atoms with Gasteiger partial charge in [0.2, 0.25) is 5.91 Å². The van der Waals surface area contributed by atoms with E-state index in [4.69, 9.17) is 10.5 Å². The Balaban J connectivity index is 1.88. The molecule has 3 N–H and O–H groups in total.